The van der Waals surface area contributed by atoms with Gasteiger partial charge in [0.2, 0.25) is 5.91 Å². The number of benzene rings is 1. The summed E-state index contributed by atoms with van der Waals surface area (Å²) in [5.41, 5.74) is 6.66. The van der Waals surface area contributed by atoms with Crippen LogP contribution in [0.3, 0.4) is 0 Å². The quantitative estimate of drug-likeness (QED) is 0.763. The lowest BCUT2D eigenvalue weighted by atomic mass is 10.0. The van der Waals surface area contributed by atoms with Gasteiger partial charge in [0.05, 0.1) is 6.54 Å². The van der Waals surface area contributed by atoms with Gasteiger partial charge in [0, 0.05) is 15.3 Å². The van der Waals surface area contributed by atoms with E-state index in [0.717, 1.165) is 15.7 Å². The van der Waals surface area contributed by atoms with Crippen molar-refractivity contribution in [2.24, 2.45) is 11.7 Å². The summed E-state index contributed by atoms with van der Waals surface area (Å²) < 4.78 is 1.12. The van der Waals surface area contributed by atoms with Crippen LogP contribution in [-0.2, 0) is 4.79 Å². The SMILES string of the molecule is CN(CC(=O)Nc1cccc(I)c1)C1CCCC1CN. The second-order valence-electron chi connectivity index (χ2n) is 5.47. The lowest BCUT2D eigenvalue weighted by Gasteiger charge is -2.28. The van der Waals surface area contributed by atoms with Crippen LogP contribution in [0.2, 0.25) is 0 Å². The van der Waals surface area contributed by atoms with Crippen LogP contribution in [0.1, 0.15) is 19.3 Å². The van der Waals surface area contributed by atoms with E-state index < -0.39 is 0 Å². The third kappa shape index (κ3) is 4.17. The maximum absolute atomic E-state index is 12.1. The molecule has 1 aliphatic rings. The lowest BCUT2D eigenvalue weighted by Crippen LogP contribution is -2.41. The highest BCUT2D eigenvalue weighted by Crippen LogP contribution is 2.28. The third-order valence-corrected chi connectivity index (χ3v) is 4.66. The van der Waals surface area contributed by atoms with Crippen molar-refractivity contribution in [3.8, 4) is 0 Å². The number of hydrogen-bond acceptors (Lipinski definition) is 3. The van der Waals surface area contributed by atoms with Crippen LogP contribution in [-0.4, -0.2) is 37.0 Å². The molecular weight excluding hydrogens is 365 g/mol. The lowest BCUT2D eigenvalue weighted by molar-refractivity contribution is -0.117. The van der Waals surface area contributed by atoms with Gasteiger partial charge in [-0.05, 0) is 73.1 Å². The number of likely N-dealkylation sites (N-methyl/N-ethyl adjacent to an activating group) is 1. The molecule has 0 heterocycles. The Balaban J connectivity index is 1.88. The van der Waals surface area contributed by atoms with E-state index >= 15 is 0 Å². The van der Waals surface area contributed by atoms with Crippen LogP contribution >= 0.6 is 22.6 Å². The van der Waals surface area contributed by atoms with E-state index in [1.165, 1.54) is 12.8 Å². The molecule has 0 bridgehead atoms. The van der Waals surface area contributed by atoms with Crippen molar-refractivity contribution in [1.82, 2.24) is 4.90 Å². The van der Waals surface area contributed by atoms with Crippen LogP contribution in [0, 0.1) is 9.49 Å². The van der Waals surface area contributed by atoms with E-state index in [0.29, 0.717) is 25.0 Å². The maximum Gasteiger partial charge on any atom is 0.238 e. The van der Waals surface area contributed by atoms with E-state index in [1.54, 1.807) is 0 Å². The molecule has 2 rings (SSSR count). The molecule has 1 aromatic carbocycles. The fourth-order valence-electron chi connectivity index (χ4n) is 2.98. The molecule has 2 unspecified atom stereocenters. The normalized spacial score (nSPS) is 22.2. The zero-order valence-electron chi connectivity index (χ0n) is 11.8. The van der Waals surface area contributed by atoms with Crippen LogP contribution in [0.25, 0.3) is 0 Å². The van der Waals surface area contributed by atoms with E-state index in [4.69, 9.17) is 5.73 Å². The van der Waals surface area contributed by atoms with Gasteiger partial charge < -0.3 is 11.1 Å². The van der Waals surface area contributed by atoms with Gasteiger partial charge in [-0.15, -0.1) is 0 Å². The van der Waals surface area contributed by atoms with Gasteiger partial charge >= 0.3 is 0 Å². The molecule has 0 spiro atoms. The molecule has 1 saturated carbocycles. The number of carbonyl (C=O) groups is 1. The monoisotopic (exact) mass is 387 g/mol. The van der Waals surface area contributed by atoms with Gasteiger partial charge in [-0.2, -0.15) is 0 Å². The molecule has 110 valence electrons. The number of hydrogen-bond donors (Lipinski definition) is 2. The first kappa shape index (κ1) is 15.7. The molecule has 1 amide bonds. The second-order valence-corrected chi connectivity index (χ2v) is 6.71. The first-order valence-electron chi connectivity index (χ1n) is 7.06. The number of nitrogens with zero attached hydrogens (tertiary/aromatic N) is 1. The Hall–Kier alpha value is -0.660. The van der Waals surface area contributed by atoms with Gasteiger partial charge in [-0.1, -0.05) is 12.5 Å². The number of nitrogens with two attached hydrogens (primary N) is 1. The number of rotatable bonds is 5. The Bertz CT molecular complexity index is 466. The van der Waals surface area contributed by atoms with Crippen molar-refractivity contribution in [3.05, 3.63) is 27.8 Å². The maximum atomic E-state index is 12.1. The number of nitrogens with one attached hydrogen (secondary N) is 1. The number of amides is 1. The Morgan fingerprint density at radius 3 is 3.00 bits per heavy atom. The molecule has 1 aromatic rings. The standard InChI is InChI=1S/C15H22IN3O/c1-19(14-7-2-4-11(14)9-17)10-15(20)18-13-6-3-5-12(16)8-13/h3,5-6,8,11,14H,2,4,7,9-10,17H2,1H3,(H,18,20). The summed E-state index contributed by atoms with van der Waals surface area (Å²) in [5.74, 6) is 0.572. The first-order chi connectivity index (χ1) is 9.60. The van der Waals surface area contributed by atoms with Crippen LogP contribution in [0.5, 0.6) is 0 Å². The highest BCUT2D eigenvalue weighted by Gasteiger charge is 2.29. The molecule has 1 fully saturated rings. The number of anilines is 1. The Morgan fingerprint density at radius 2 is 2.30 bits per heavy atom. The fraction of sp³-hybridized carbons (Fsp3) is 0.533. The van der Waals surface area contributed by atoms with Crippen LogP contribution < -0.4 is 11.1 Å². The molecule has 1 aliphatic carbocycles. The van der Waals surface area contributed by atoms with Gasteiger partial charge in [0.1, 0.15) is 0 Å². The molecule has 0 aliphatic heterocycles. The van der Waals surface area contributed by atoms with Crippen molar-refractivity contribution in [2.45, 2.75) is 25.3 Å². The van der Waals surface area contributed by atoms with Gasteiger partial charge in [0.15, 0.2) is 0 Å². The zero-order chi connectivity index (χ0) is 14.5. The highest BCUT2D eigenvalue weighted by molar-refractivity contribution is 14.1. The Labute approximate surface area is 134 Å². The molecule has 0 radical (unpaired) electrons. The van der Waals surface area contributed by atoms with Crippen molar-refractivity contribution in [3.63, 3.8) is 0 Å². The van der Waals surface area contributed by atoms with E-state index in [9.17, 15) is 4.79 Å². The van der Waals surface area contributed by atoms with Gasteiger partial charge in [0.25, 0.3) is 0 Å². The molecule has 2 atom stereocenters. The molecule has 0 saturated heterocycles. The summed E-state index contributed by atoms with van der Waals surface area (Å²) in [6.07, 6.45) is 3.55. The largest absolute Gasteiger partial charge is 0.330 e. The molecule has 3 N–H and O–H groups in total. The van der Waals surface area contributed by atoms with Crippen molar-refractivity contribution in [1.29, 1.82) is 0 Å². The summed E-state index contributed by atoms with van der Waals surface area (Å²) in [4.78, 5) is 14.2. The molecule has 20 heavy (non-hydrogen) atoms. The third-order valence-electron chi connectivity index (χ3n) is 3.99. The van der Waals surface area contributed by atoms with Crippen molar-refractivity contribution >= 4 is 34.2 Å². The minimum absolute atomic E-state index is 0.0390. The van der Waals surface area contributed by atoms with E-state index in [-0.39, 0.29) is 5.91 Å². The highest BCUT2D eigenvalue weighted by atomic mass is 127. The minimum Gasteiger partial charge on any atom is -0.330 e. The first-order valence-corrected chi connectivity index (χ1v) is 8.13. The van der Waals surface area contributed by atoms with E-state index in [2.05, 4.69) is 32.8 Å². The second kappa shape index (κ2) is 7.38. The van der Waals surface area contributed by atoms with Crippen molar-refractivity contribution < 1.29 is 4.79 Å². The predicted octanol–water partition coefficient (Wildman–Crippen LogP) is 2.29. The van der Waals surface area contributed by atoms with E-state index in [1.807, 2.05) is 31.3 Å². The zero-order valence-corrected chi connectivity index (χ0v) is 14.0. The summed E-state index contributed by atoms with van der Waals surface area (Å²) in [6, 6.07) is 8.28. The van der Waals surface area contributed by atoms with Gasteiger partial charge in [-0.3, -0.25) is 9.69 Å². The van der Waals surface area contributed by atoms with Crippen molar-refractivity contribution in [2.75, 3.05) is 25.5 Å². The van der Waals surface area contributed by atoms with Crippen LogP contribution in [0.4, 0.5) is 5.69 Å². The number of carbonyl (C=O) groups excluding carboxylic acids is 1. The summed E-state index contributed by atoms with van der Waals surface area (Å²) >= 11 is 2.24. The number of halogens is 1. The van der Waals surface area contributed by atoms with Gasteiger partial charge in [-0.25, -0.2) is 0 Å². The fourth-order valence-corrected chi connectivity index (χ4v) is 3.53. The summed E-state index contributed by atoms with van der Waals surface area (Å²) in [5, 5.41) is 2.95. The summed E-state index contributed by atoms with van der Waals surface area (Å²) in [7, 11) is 2.02. The Morgan fingerprint density at radius 1 is 1.50 bits per heavy atom. The molecule has 5 heteroatoms. The summed E-state index contributed by atoms with van der Waals surface area (Å²) in [6.45, 7) is 1.14. The molecule has 0 aromatic heterocycles. The smallest absolute Gasteiger partial charge is 0.238 e. The average Bonchev–Trinajstić information content (AvgIpc) is 2.86. The average molecular weight is 387 g/mol. The topological polar surface area (TPSA) is 58.4 Å². The predicted molar refractivity (Wildman–Crippen MR) is 90.6 cm³/mol. The molecule has 4 nitrogen and oxygen atoms in total. The van der Waals surface area contributed by atoms with Crippen LogP contribution in [0.15, 0.2) is 24.3 Å². The minimum atomic E-state index is 0.0390. The Kier molecular flexibility index (Phi) is 5.80. The molecular formula is C15H22IN3O.